The van der Waals surface area contributed by atoms with Crippen molar-refractivity contribution in [1.29, 1.82) is 0 Å². The first-order valence-corrected chi connectivity index (χ1v) is 6.51. The van der Waals surface area contributed by atoms with Crippen LogP contribution in [0.5, 0.6) is 0 Å². The topological polar surface area (TPSA) is 56.5 Å². The van der Waals surface area contributed by atoms with E-state index in [1.54, 1.807) is 30.9 Å². The second-order valence-corrected chi connectivity index (χ2v) is 4.64. The number of rotatable bonds is 2. The Kier molecular flexibility index (Phi) is 2.50. The number of nitrogens with zero attached hydrogens (tertiary/aromatic N) is 5. The third-order valence-corrected chi connectivity index (χ3v) is 3.46. The lowest BCUT2D eigenvalue weighted by Crippen LogP contribution is -2.00. The molecule has 0 aliphatic heterocycles. The van der Waals surface area contributed by atoms with Crippen LogP contribution in [-0.4, -0.2) is 24.5 Å². The fraction of sp³-hybridized carbons (Fsp3) is 0. The molecular formula is C16H11N5. The van der Waals surface area contributed by atoms with E-state index in [0.717, 1.165) is 27.4 Å². The molecule has 0 aromatic carbocycles. The smallest absolute Gasteiger partial charge is 0.234 e. The van der Waals surface area contributed by atoms with Gasteiger partial charge < -0.3 is 0 Å². The van der Waals surface area contributed by atoms with E-state index < -0.39 is 0 Å². The molecule has 0 radical (unpaired) electrons. The van der Waals surface area contributed by atoms with Crippen LogP contribution < -0.4 is 0 Å². The van der Waals surface area contributed by atoms with Gasteiger partial charge in [0, 0.05) is 53.5 Å². The lowest BCUT2D eigenvalue weighted by Gasteiger charge is -2.05. The summed E-state index contributed by atoms with van der Waals surface area (Å²) in [6.45, 7) is 3.72. The first-order valence-electron chi connectivity index (χ1n) is 6.51. The lowest BCUT2D eigenvalue weighted by atomic mass is 10.2. The minimum Gasteiger partial charge on any atom is -0.278 e. The third-order valence-electron chi connectivity index (χ3n) is 3.46. The second kappa shape index (κ2) is 4.49. The summed E-state index contributed by atoms with van der Waals surface area (Å²) in [6, 6.07) is 3.92. The van der Waals surface area contributed by atoms with Gasteiger partial charge in [-0.2, -0.15) is 0 Å². The molecule has 0 spiro atoms. The maximum atomic E-state index is 4.43. The van der Waals surface area contributed by atoms with Gasteiger partial charge in [-0.05, 0) is 12.1 Å². The number of fused-ring (bicyclic) bond motifs is 3. The van der Waals surface area contributed by atoms with Gasteiger partial charge in [0.05, 0.1) is 11.0 Å². The predicted octanol–water partition coefficient (Wildman–Crippen LogP) is 3.01. The molecule has 0 unspecified atom stereocenters. The van der Waals surface area contributed by atoms with Crippen LogP contribution in [0, 0.1) is 0 Å². The number of aromatic nitrogens is 5. The van der Waals surface area contributed by atoms with Crippen molar-refractivity contribution in [3.05, 3.63) is 61.5 Å². The molecule has 0 fully saturated rings. The highest BCUT2D eigenvalue weighted by molar-refractivity contribution is 6.08. The van der Waals surface area contributed by atoms with Crippen LogP contribution in [0.1, 0.15) is 5.56 Å². The van der Waals surface area contributed by atoms with Crippen LogP contribution in [0.3, 0.4) is 0 Å². The van der Waals surface area contributed by atoms with Crippen molar-refractivity contribution in [2.75, 3.05) is 0 Å². The van der Waals surface area contributed by atoms with Gasteiger partial charge in [0.15, 0.2) is 0 Å². The van der Waals surface area contributed by atoms with Crippen LogP contribution in [0.25, 0.3) is 33.8 Å². The van der Waals surface area contributed by atoms with Crippen LogP contribution >= 0.6 is 0 Å². The third kappa shape index (κ3) is 1.71. The normalized spacial score (nSPS) is 11.0. The van der Waals surface area contributed by atoms with Crippen molar-refractivity contribution in [2.24, 2.45) is 0 Å². The average molecular weight is 273 g/mol. The van der Waals surface area contributed by atoms with E-state index in [9.17, 15) is 0 Å². The monoisotopic (exact) mass is 273 g/mol. The summed E-state index contributed by atoms with van der Waals surface area (Å²) < 4.78 is 2.01. The quantitative estimate of drug-likeness (QED) is 0.563. The molecule has 0 aliphatic rings. The fourth-order valence-electron chi connectivity index (χ4n) is 2.48. The van der Waals surface area contributed by atoms with E-state index >= 15 is 0 Å². The number of hydrogen-bond donors (Lipinski definition) is 0. The van der Waals surface area contributed by atoms with Gasteiger partial charge in [0.1, 0.15) is 0 Å². The van der Waals surface area contributed by atoms with Crippen molar-refractivity contribution in [1.82, 2.24) is 24.5 Å². The lowest BCUT2D eigenvalue weighted by molar-refractivity contribution is 0.984. The first-order chi connectivity index (χ1) is 10.4. The fourth-order valence-corrected chi connectivity index (χ4v) is 2.48. The Morgan fingerprint density at radius 3 is 1.95 bits per heavy atom. The molecule has 21 heavy (non-hydrogen) atoms. The SMILES string of the molecule is C=Cc1cnc(-n2c3ccncc3c3cnccc32)nc1. The van der Waals surface area contributed by atoms with Gasteiger partial charge in [0.25, 0.3) is 0 Å². The van der Waals surface area contributed by atoms with E-state index in [-0.39, 0.29) is 0 Å². The van der Waals surface area contributed by atoms with Crippen LogP contribution in [0.2, 0.25) is 0 Å². The molecule has 5 heteroatoms. The highest BCUT2D eigenvalue weighted by Gasteiger charge is 2.13. The van der Waals surface area contributed by atoms with Gasteiger partial charge >= 0.3 is 0 Å². The largest absolute Gasteiger partial charge is 0.278 e. The Labute approximate surface area is 120 Å². The van der Waals surface area contributed by atoms with Crippen LogP contribution in [-0.2, 0) is 0 Å². The highest BCUT2D eigenvalue weighted by Crippen LogP contribution is 2.29. The molecule has 0 saturated carbocycles. The molecule has 5 nitrogen and oxygen atoms in total. The molecule has 4 aromatic heterocycles. The van der Waals surface area contributed by atoms with Crippen molar-refractivity contribution in [2.45, 2.75) is 0 Å². The maximum absolute atomic E-state index is 4.43. The Bertz CT molecular complexity index is 900. The van der Waals surface area contributed by atoms with Gasteiger partial charge in [-0.3, -0.25) is 14.5 Å². The standard InChI is InChI=1S/C16H11N5/c1-2-11-7-19-16(20-8-11)21-14-3-5-17-9-12(14)13-10-18-6-4-15(13)21/h2-10H,1H2. The summed E-state index contributed by atoms with van der Waals surface area (Å²) in [4.78, 5) is 17.3. The van der Waals surface area contributed by atoms with Crippen LogP contribution in [0.15, 0.2) is 55.9 Å². The molecule has 0 amide bonds. The zero-order valence-corrected chi connectivity index (χ0v) is 11.1. The van der Waals surface area contributed by atoms with Crippen molar-refractivity contribution in [3.8, 4) is 5.95 Å². The van der Waals surface area contributed by atoms with E-state index in [2.05, 4.69) is 26.5 Å². The van der Waals surface area contributed by atoms with Crippen LogP contribution in [0.4, 0.5) is 0 Å². The maximum Gasteiger partial charge on any atom is 0.234 e. The van der Waals surface area contributed by atoms with E-state index in [1.807, 2.05) is 29.1 Å². The molecule has 0 saturated heterocycles. The molecule has 0 bridgehead atoms. The van der Waals surface area contributed by atoms with Gasteiger partial charge in [-0.15, -0.1) is 0 Å². The first kappa shape index (κ1) is 11.7. The molecule has 4 rings (SSSR count). The molecule has 0 N–H and O–H groups in total. The van der Waals surface area contributed by atoms with E-state index in [0.29, 0.717) is 5.95 Å². The van der Waals surface area contributed by atoms with Crippen molar-refractivity contribution >= 4 is 27.9 Å². The minimum absolute atomic E-state index is 0.623. The van der Waals surface area contributed by atoms with Gasteiger partial charge in [0.2, 0.25) is 5.95 Å². The summed E-state index contributed by atoms with van der Waals surface area (Å²) in [5, 5.41) is 2.08. The van der Waals surface area contributed by atoms with Crippen molar-refractivity contribution in [3.63, 3.8) is 0 Å². The average Bonchev–Trinajstić information content (AvgIpc) is 2.90. The summed E-state index contributed by atoms with van der Waals surface area (Å²) in [5.41, 5.74) is 2.92. The Balaban J connectivity index is 2.11. The predicted molar refractivity (Wildman–Crippen MR) is 82.1 cm³/mol. The molecule has 4 heterocycles. The second-order valence-electron chi connectivity index (χ2n) is 4.64. The molecule has 0 aliphatic carbocycles. The Morgan fingerprint density at radius 2 is 1.43 bits per heavy atom. The van der Waals surface area contributed by atoms with Gasteiger partial charge in [-0.1, -0.05) is 12.7 Å². The minimum atomic E-state index is 0.623. The number of pyridine rings is 2. The van der Waals surface area contributed by atoms with Crippen molar-refractivity contribution < 1.29 is 0 Å². The summed E-state index contributed by atoms with van der Waals surface area (Å²) in [6.07, 6.45) is 12.5. The summed E-state index contributed by atoms with van der Waals surface area (Å²) in [5.74, 6) is 0.623. The molecule has 0 atom stereocenters. The van der Waals surface area contributed by atoms with E-state index in [1.165, 1.54) is 0 Å². The number of hydrogen-bond acceptors (Lipinski definition) is 4. The molecule has 4 aromatic rings. The van der Waals surface area contributed by atoms with Gasteiger partial charge in [-0.25, -0.2) is 9.97 Å². The Hall–Kier alpha value is -3.08. The molecule has 100 valence electrons. The summed E-state index contributed by atoms with van der Waals surface area (Å²) in [7, 11) is 0. The zero-order chi connectivity index (χ0) is 14.2. The zero-order valence-electron chi connectivity index (χ0n) is 11.1. The highest BCUT2D eigenvalue weighted by atomic mass is 15.1. The summed E-state index contributed by atoms with van der Waals surface area (Å²) >= 11 is 0. The van der Waals surface area contributed by atoms with E-state index in [4.69, 9.17) is 0 Å². The Morgan fingerprint density at radius 1 is 0.857 bits per heavy atom. The molecular weight excluding hydrogens is 262 g/mol.